The molecule has 6 heteroatoms. The van der Waals surface area contributed by atoms with Crippen LogP contribution in [0.25, 0.3) is 0 Å². The summed E-state index contributed by atoms with van der Waals surface area (Å²) in [7, 11) is 1.80. The van der Waals surface area contributed by atoms with Crippen LogP contribution in [0.5, 0.6) is 0 Å². The number of aromatic nitrogens is 2. The van der Waals surface area contributed by atoms with E-state index in [9.17, 15) is 0 Å². The van der Waals surface area contributed by atoms with Gasteiger partial charge in [-0.1, -0.05) is 29.8 Å². The van der Waals surface area contributed by atoms with Gasteiger partial charge in [0.2, 0.25) is 0 Å². The van der Waals surface area contributed by atoms with Crippen molar-refractivity contribution in [2.75, 3.05) is 13.6 Å². The van der Waals surface area contributed by atoms with E-state index in [1.54, 1.807) is 7.05 Å². The van der Waals surface area contributed by atoms with Crippen molar-refractivity contribution in [3.8, 4) is 0 Å². The average Bonchev–Trinajstić information content (AvgIpc) is 2.84. The van der Waals surface area contributed by atoms with Crippen LogP contribution in [0.4, 0.5) is 0 Å². The molecule has 0 aliphatic rings. The van der Waals surface area contributed by atoms with Crippen LogP contribution in [0.15, 0.2) is 35.3 Å². The van der Waals surface area contributed by atoms with Gasteiger partial charge in [0.1, 0.15) is 0 Å². The Balaban J connectivity index is 0.00000288. The molecule has 5 nitrogen and oxygen atoms in total. The maximum atomic E-state index is 4.47. The highest BCUT2D eigenvalue weighted by molar-refractivity contribution is 14.0. The van der Waals surface area contributed by atoms with Gasteiger partial charge in [-0.15, -0.1) is 24.0 Å². The van der Waals surface area contributed by atoms with Crippen molar-refractivity contribution >= 4 is 29.9 Å². The minimum Gasteiger partial charge on any atom is -0.356 e. The largest absolute Gasteiger partial charge is 0.356 e. The van der Waals surface area contributed by atoms with Crippen molar-refractivity contribution in [1.82, 2.24) is 20.4 Å². The van der Waals surface area contributed by atoms with Gasteiger partial charge < -0.3 is 10.6 Å². The van der Waals surface area contributed by atoms with Crippen LogP contribution in [0.2, 0.25) is 0 Å². The van der Waals surface area contributed by atoms with Gasteiger partial charge in [0, 0.05) is 32.4 Å². The molecule has 2 N–H and O–H groups in total. The summed E-state index contributed by atoms with van der Waals surface area (Å²) < 4.78 is 2.06. The number of hydrogen-bond acceptors (Lipinski definition) is 2. The third-order valence-corrected chi connectivity index (χ3v) is 3.71. The predicted octanol–water partition coefficient (Wildman–Crippen LogP) is 3.18. The molecule has 0 bridgehead atoms. The number of halogens is 1. The Morgan fingerprint density at radius 2 is 1.96 bits per heavy atom. The Morgan fingerprint density at radius 3 is 2.58 bits per heavy atom. The first kappa shape index (κ1) is 20.5. The number of guanidine groups is 1. The van der Waals surface area contributed by atoms with Crippen LogP contribution < -0.4 is 10.6 Å². The van der Waals surface area contributed by atoms with E-state index in [1.165, 1.54) is 16.8 Å². The van der Waals surface area contributed by atoms with Crippen molar-refractivity contribution in [1.29, 1.82) is 0 Å². The molecule has 0 amide bonds. The molecule has 132 valence electrons. The van der Waals surface area contributed by atoms with Gasteiger partial charge in [-0.3, -0.25) is 9.67 Å². The smallest absolute Gasteiger partial charge is 0.191 e. The Morgan fingerprint density at radius 1 is 1.17 bits per heavy atom. The third kappa shape index (κ3) is 6.51. The van der Waals surface area contributed by atoms with Crippen molar-refractivity contribution in [2.24, 2.45) is 4.99 Å². The quantitative estimate of drug-likeness (QED) is 0.314. The number of benzene rings is 1. The summed E-state index contributed by atoms with van der Waals surface area (Å²) in [5, 5.41) is 11.2. The standard InChI is InChI=1S/C18H27N5.HI/c1-14-7-5-8-17(11-14)13-21-18(19-4)20-9-6-10-23-16(3)12-15(2)22-23;/h5,7-8,11-12H,6,9-10,13H2,1-4H3,(H2,19,20,21);1H. The Kier molecular flexibility index (Phi) is 8.81. The van der Waals surface area contributed by atoms with Crippen LogP contribution in [-0.2, 0) is 13.1 Å². The summed E-state index contributed by atoms with van der Waals surface area (Å²) in [6.45, 7) is 8.79. The lowest BCUT2D eigenvalue weighted by Crippen LogP contribution is -2.37. The fourth-order valence-corrected chi connectivity index (χ4v) is 2.57. The highest BCUT2D eigenvalue weighted by Gasteiger charge is 2.01. The molecule has 0 spiro atoms. The Bertz CT molecular complexity index is 663. The van der Waals surface area contributed by atoms with Crippen molar-refractivity contribution in [2.45, 2.75) is 40.3 Å². The van der Waals surface area contributed by atoms with Gasteiger partial charge in [0.05, 0.1) is 5.69 Å². The molecule has 0 radical (unpaired) electrons. The fraction of sp³-hybridized carbons (Fsp3) is 0.444. The van der Waals surface area contributed by atoms with Gasteiger partial charge in [0.25, 0.3) is 0 Å². The first-order valence-corrected chi connectivity index (χ1v) is 8.09. The van der Waals surface area contributed by atoms with Crippen LogP contribution in [-0.4, -0.2) is 29.3 Å². The van der Waals surface area contributed by atoms with E-state index in [2.05, 4.69) is 69.6 Å². The van der Waals surface area contributed by atoms with Crippen LogP contribution in [0, 0.1) is 20.8 Å². The van der Waals surface area contributed by atoms with E-state index in [-0.39, 0.29) is 24.0 Å². The number of rotatable bonds is 6. The minimum atomic E-state index is 0. The van der Waals surface area contributed by atoms with Gasteiger partial charge in [-0.2, -0.15) is 5.10 Å². The van der Waals surface area contributed by atoms with Crippen molar-refractivity contribution in [3.63, 3.8) is 0 Å². The summed E-state index contributed by atoms with van der Waals surface area (Å²) >= 11 is 0. The second-order valence-electron chi connectivity index (χ2n) is 5.85. The second-order valence-corrected chi connectivity index (χ2v) is 5.85. The Hall–Kier alpha value is -1.57. The van der Waals surface area contributed by atoms with E-state index in [4.69, 9.17) is 0 Å². The third-order valence-electron chi connectivity index (χ3n) is 3.71. The number of nitrogens with one attached hydrogen (secondary N) is 2. The first-order chi connectivity index (χ1) is 11.1. The number of nitrogens with zero attached hydrogens (tertiary/aromatic N) is 3. The van der Waals surface area contributed by atoms with E-state index in [0.717, 1.165) is 37.7 Å². The molecular formula is C18H28IN5. The minimum absolute atomic E-state index is 0. The average molecular weight is 441 g/mol. The van der Waals surface area contributed by atoms with E-state index in [0.29, 0.717) is 0 Å². The molecule has 0 atom stereocenters. The second kappa shape index (κ2) is 10.3. The lowest BCUT2D eigenvalue weighted by Gasteiger charge is -2.12. The molecule has 0 saturated carbocycles. The van der Waals surface area contributed by atoms with Crippen molar-refractivity contribution < 1.29 is 0 Å². The molecule has 1 aromatic carbocycles. The topological polar surface area (TPSA) is 54.2 Å². The monoisotopic (exact) mass is 441 g/mol. The zero-order valence-electron chi connectivity index (χ0n) is 15.0. The van der Waals surface area contributed by atoms with E-state index >= 15 is 0 Å². The maximum Gasteiger partial charge on any atom is 0.191 e. The molecule has 0 saturated heterocycles. The van der Waals surface area contributed by atoms with Gasteiger partial charge >= 0.3 is 0 Å². The Labute approximate surface area is 162 Å². The highest BCUT2D eigenvalue weighted by atomic mass is 127. The predicted molar refractivity (Wildman–Crippen MR) is 111 cm³/mol. The molecule has 0 unspecified atom stereocenters. The van der Waals surface area contributed by atoms with Gasteiger partial charge in [-0.05, 0) is 38.8 Å². The first-order valence-electron chi connectivity index (χ1n) is 8.09. The summed E-state index contributed by atoms with van der Waals surface area (Å²) in [5.41, 5.74) is 4.82. The molecule has 1 aromatic heterocycles. The van der Waals surface area contributed by atoms with Gasteiger partial charge in [-0.25, -0.2) is 0 Å². The zero-order chi connectivity index (χ0) is 16.7. The summed E-state index contributed by atoms with van der Waals surface area (Å²) in [5.74, 6) is 0.833. The van der Waals surface area contributed by atoms with Crippen LogP contribution in [0.3, 0.4) is 0 Å². The molecule has 2 rings (SSSR count). The van der Waals surface area contributed by atoms with E-state index in [1.807, 2.05) is 6.92 Å². The number of hydrogen-bond donors (Lipinski definition) is 2. The summed E-state index contributed by atoms with van der Waals surface area (Å²) in [6.07, 6.45) is 1.01. The maximum absolute atomic E-state index is 4.47. The lowest BCUT2D eigenvalue weighted by atomic mass is 10.1. The molecule has 0 aliphatic carbocycles. The summed E-state index contributed by atoms with van der Waals surface area (Å²) in [6, 6.07) is 10.6. The summed E-state index contributed by atoms with van der Waals surface area (Å²) in [4.78, 5) is 4.26. The molecule has 2 aromatic rings. The zero-order valence-corrected chi connectivity index (χ0v) is 17.3. The molecular weight excluding hydrogens is 413 g/mol. The van der Waals surface area contributed by atoms with Crippen LogP contribution >= 0.6 is 24.0 Å². The van der Waals surface area contributed by atoms with Crippen molar-refractivity contribution in [3.05, 3.63) is 52.8 Å². The number of aliphatic imine (C=N–C) groups is 1. The molecule has 0 fully saturated rings. The molecule has 24 heavy (non-hydrogen) atoms. The van der Waals surface area contributed by atoms with Gasteiger partial charge in [0.15, 0.2) is 5.96 Å². The molecule has 0 aliphatic heterocycles. The van der Waals surface area contributed by atoms with E-state index < -0.39 is 0 Å². The lowest BCUT2D eigenvalue weighted by molar-refractivity contribution is 0.555. The van der Waals surface area contributed by atoms with Crippen LogP contribution in [0.1, 0.15) is 28.9 Å². The number of aryl methyl sites for hydroxylation is 4. The fourth-order valence-electron chi connectivity index (χ4n) is 2.57. The molecule has 1 heterocycles. The normalized spacial score (nSPS) is 11.1. The SMILES string of the molecule is CN=C(NCCCn1nc(C)cc1C)NCc1cccc(C)c1.I. The highest BCUT2D eigenvalue weighted by Crippen LogP contribution is 2.03.